The van der Waals surface area contributed by atoms with Crippen molar-refractivity contribution in [2.45, 2.75) is 0 Å². The molecule has 1 aliphatic rings. The van der Waals surface area contributed by atoms with E-state index in [-0.39, 0.29) is 0 Å². The molecule has 0 spiro atoms. The molecule has 0 amide bonds. The number of rotatable bonds is 0. The Morgan fingerprint density at radius 1 is 1.06 bits per heavy atom. The van der Waals surface area contributed by atoms with Crippen LogP contribution in [0.3, 0.4) is 0 Å². The van der Waals surface area contributed by atoms with E-state index in [0.29, 0.717) is 0 Å². The summed E-state index contributed by atoms with van der Waals surface area (Å²) < 4.78 is 2.25. The Morgan fingerprint density at radius 3 is 3.00 bits per heavy atom. The molecule has 0 atom stereocenters. The summed E-state index contributed by atoms with van der Waals surface area (Å²) in [6.07, 6.45) is 6.48. The van der Waals surface area contributed by atoms with Crippen LogP contribution in [0, 0.1) is 0 Å². The van der Waals surface area contributed by atoms with Crippen molar-refractivity contribution in [2.24, 2.45) is 0 Å². The first-order chi connectivity index (χ1) is 8.43. The van der Waals surface area contributed by atoms with Crippen molar-refractivity contribution in [1.82, 2.24) is 4.40 Å². The van der Waals surface area contributed by atoms with E-state index in [1.807, 2.05) is 0 Å². The minimum atomic E-state index is 0.911. The summed E-state index contributed by atoms with van der Waals surface area (Å²) >= 11 is 0. The molecule has 2 aromatic heterocycles. The highest BCUT2D eigenvalue weighted by Crippen LogP contribution is 2.30. The van der Waals surface area contributed by atoms with Crippen LogP contribution in [-0.4, -0.2) is 10.9 Å². The van der Waals surface area contributed by atoms with E-state index in [4.69, 9.17) is 0 Å². The van der Waals surface area contributed by atoms with Crippen molar-refractivity contribution in [1.29, 1.82) is 0 Å². The third-order valence-electron chi connectivity index (χ3n) is 3.39. The Morgan fingerprint density at radius 2 is 2.00 bits per heavy atom. The summed E-state index contributed by atoms with van der Waals surface area (Å²) in [7, 11) is 0. The summed E-state index contributed by atoms with van der Waals surface area (Å²) in [5.41, 5.74) is 5.03. The summed E-state index contributed by atoms with van der Waals surface area (Å²) in [6, 6.07) is 12.9. The zero-order valence-electron chi connectivity index (χ0n) is 9.35. The number of nitrogens with one attached hydrogen (secondary N) is 1. The van der Waals surface area contributed by atoms with Crippen molar-refractivity contribution >= 4 is 28.2 Å². The number of pyridine rings is 1. The van der Waals surface area contributed by atoms with Gasteiger partial charge in [0.1, 0.15) is 0 Å². The first-order valence-corrected chi connectivity index (χ1v) is 5.87. The molecule has 0 radical (unpaired) electrons. The molecule has 1 aromatic carbocycles. The molecule has 0 aliphatic carbocycles. The lowest BCUT2D eigenvalue weighted by Crippen LogP contribution is -2.05. The van der Waals surface area contributed by atoms with Gasteiger partial charge in [0, 0.05) is 23.7 Å². The highest BCUT2D eigenvalue weighted by atomic mass is 15.0. The van der Waals surface area contributed by atoms with E-state index in [9.17, 15) is 0 Å². The van der Waals surface area contributed by atoms with Crippen LogP contribution < -0.4 is 5.32 Å². The Hall–Kier alpha value is -2.22. The molecule has 82 valence electrons. The number of hydrogen-bond acceptors (Lipinski definition) is 1. The quantitative estimate of drug-likeness (QED) is 0.613. The van der Waals surface area contributed by atoms with Crippen molar-refractivity contribution in [3.8, 4) is 0 Å². The molecular weight excluding hydrogens is 208 g/mol. The zero-order chi connectivity index (χ0) is 11.2. The third-order valence-corrected chi connectivity index (χ3v) is 3.39. The maximum atomic E-state index is 3.46. The van der Waals surface area contributed by atoms with Crippen molar-refractivity contribution in [3.05, 3.63) is 54.2 Å². The average Bonchev–Trinajstić information content (AvgIpc) is 2.78. The van der Waals surface area contributed by atoms with Gasteiger partial charge < -0.3 is 9.72 Å². The molecule has 0 unspecified atom stereocenters. The van der Waals surface area contributed by atoms with Crippen LogP contribution in [0.1, 0.15) is 5.56 Å². The van der Waals surface area contributed by atoms with E-state index in [2.05, 4.69) is 64.5 Å². The lowest BCUT2D eigenvalue weighted by molar-refractivity contribution is 1.22. The van der Waals surface area contributed by atoms with Gasteiger partial charge in [-0.2, -0.15) is 0 Å². The predicted octanol–water partition coefficient (Wildman–Crippen LogP) is 3.53. The van der Waals surface area contributed by atoms with E-state index in [1.165, 1.54) is 27.7 Å². The highest BCUT2D eigenvalue weighted by Gasteiger charge is 2.10. The Labute approximate surface area is 99.2 Å². The Kier molecular flexibility index (Phi) is 1.64. The molecule has 2 nitrogen and oxygen atoms in total. The Balaban J connectivity index is 2.21. The fraction of sp³-hybridized carbons (Fsp3) is 0.0667. The standard InChI is InChI=1S/C15H12N2/c1-2-6-13-12(4-1)10-14-15-11(5-3-8-16-15)7-9-17(13)14/h1-7,9-10,16H,8H2. The SMILES string of the molecule is C1=Cc2ccn3c(cc4ccccc43)c2NC1. The van der Waals surface area contributed by atoms with Crippen LogP contribution in [0.25, 0.3) is 22.5 Å². The molecule has 1 N–H and O–H groups in total. The number of anilines is 1. The summed E-state index contributed by atoms with van der Waals surface area (Å²) in [5.74, 6) is 0. The molecule has 3 aromatic rings. The van der Waals surface area contributed by atoms with Gasteiger partial charge in [-0.1, -0.05) is 30.4 Å². The van der Waals surface area contributed by atoms with Crippen LogP contribution in [-0.2, 0) is 0 Å². The van der Waals surface area contributed by atoms with Gasteiger partial charge in [0.2, 0.25) is 0 Å². The predicted molar refractivity (Wildman–Crippen MR) is 72.4 cm³/mol. The molecule has 17 heavy (non-hydrogen) atoms. The van der Waals surface area contributed by atoms with Gasteiger partial charge in [0.15, 0.2) is 0 Å². The topological polar surface area (TPSA) is 16.4 Å². The van der Waals surface area contributed by atoms with E-state index in [0.717, 1.165) is 6.54 Å². The van der Waals surface area contributed by atoms with Crippen LogP contribution in [0.4, 0.5) is 5.69 Å². The maximum absolute atomic E-state index is 3.46. The monoisotopic (exact) mass is 220 g/mol. The van der Waals surface area contributed by atoms with Crippen LogP contribution >= 0.6 is 0 Å². The molecule has 3 heterocycles. The fourth-order valence-electron chi connectivity index (χ4n) is 2.59. The lowest BCUT2D eigenvalue weighted by atomic mass is 10.1. The molecule has 4 rings (SSSR count). The summed E-state index contributed by atoms with van der Waals surface area (Å²) in [6.45, 7) is 0.911. The largest absolute Gasteiger partial charge is 0.379 e. The highest BCUT2D eigenvalue weighted by molar-refractivity contribution is 5.95. The van der Waals surface area contributed by atoms with Gasteiger partial charge in [0.25, 0.3) is 0 Å². The van der Waals surface area contributed by atoms with Crippen LogP contribution in [0.5, 0.6) is 0 Å². The number of fused-ring (bicyclic) bond motifs is 5. The van der Waals surface area contributed by atoms with Gasteiger partial charge in [-0.3, -0.25) is 0 Å². The molecule has 0 saturated carbocycles. The lowest BCUT2D eigenvalue weighted by Gasteiger charge is -2.14. The molecule has 0 saturated heterocycles. The van der Waals surface area contributed by atoms with Crippen molar-refractivity contribution in [2.75, 3.05) is 11.9 Å². The number of hydrogen-bond donors (Lipinski definition) is 1. The van der Waals surface area contributed by atoms with Crippen molar-refractivity contribution in [3.63, 3.8) is 0 Å². The smallest absolute Gasteiger partial charge is 0.0701 e. The maximum Gasteiger partial charge on any atom is 0.0701 e. The minimum absolute atomic E-state index is 0.911. The number of benzene rings is 1. The van der Waals surface area contributed by atoms with E-state index in [1.54, 1.807) is 0 Å². The van der Waals surface area contributed by atoms with Crippen LogP contribution in [0.2, 0.25) is 0 Å². The van der Waals surface area contributed by atoms with Gasteiger partial charge in [-0.05, 0) is 18.2 Å². The van der Waals surface area contributed by atoms with E-state index < -0.39 is 0 Å². The first kappa shape index (κ1) is 8.88. The first-order valence-electron chi connectivity index (χ1n) is 5.87. The third kappa shape index (κ3) is 1.15. The number of nitrogens with zero attached hydrogens (tertiary/aromatic N) is 1. The summed E-state index contributed by atoms with van der Waals surface area (Å²) in [5, 5.41) is 4.75. The fourth-order valence-corrected chi connectivity index (χ4v) is 2.59. The molecule has 0 fully saturated rings. The van der Waals surface area contributed by atoms with Gasteiger partial charge in [-0.25, -0.2) is 0 Å². The zero-order valence-corrected chi connectivity index (χ0v) is 9.35. The summed E-state index contributed by atoms with van der Waals surface area (Å²) in [4.78, 5) is 0. The second kappa shape index (κ2) is 3.14. The minimum Gasteiger partial charge on any atom is -0.379 e. The molecule has 2 heteroatoms. The van der Waals surface area contributed by atoms with Gasteiger partial charge in [0.05, 0.1) is 16.7 Å². The molecule has 0 bridgehead atoms. The normalized spacial score (nSPS) is 13.9. The molecular formula is C15H12N2. The van der Waals surface area contributed by atoms with Crippen molar-refractivity contribution < 1.29 is 0 Å². The number of para-hydroxylation sites is 1. The van der Waals surface area contributed by atoms with Crippen LogP contribution in [0.15, 0.2) is 48.7 Å². The van der Waals surface area contributed by atoms with Gasteiger partial charge >= 0.3 is 0 Å². The van der Waals surface area contributed by atoms with E-state index >= 15 is 0 Å². The Bertz CT molecular complexity index is 750. The second-order valence-corrected chi connectivity index (χ2v) is 4.39. The number of aromatic nitrogens is 1. The van der Waals surface area contributed by atoms with Gasteiger partial charge in [-0.15, -0.1) is 0 Å². The second-order valence-electron chi connectivity index (χ2n) is 4.39. The molecule has 1 aliphatic heterocycles. The average molecular weight is 220 g/mol.